The van der Waals surface area contributed by atoms with Crippen LogP contribution in [0.3, 0.4) is 0 Å². The van der Waals surface area contributed by atoms with Crippen molar-refractivity contribution >= 4 is 12.4 Å². The third-order valence-electron chi connectivity index (χ3n) is 4.33. The fourth-order valence-electron chi connectivity index (χ4n) is 2.95. The number of aromatic nitrogens is 1. The van der Waals surface area contributed by atoms with E-state index in [-0.39, 0.29) is 11.6 Å². The summed E-state index contributed by atoms with van der Waals surface area (Å²) in [5.74, 6) is 0.668. The third kappa shape index (κ3) is 4.82. The van der Waals surface area contributed by atoms with E-state index in [0.29, 0.717) is 43.7 Å². The van der Waals surface area contributed by atoms with Gasteiger partial charge in [-0.3, -0.25) is 4.79 Å². The van der Waals surface area contributed by atoms with E-state index in [1.54, 1.807) is 13.2 Å². The van der Waals surface area contributed by atoms with Crippen molar-refractivity contribution in [3.05, 3.63) is 17.3 Å². The van der Waals surface area contributed by atoms with Crippen molar-refractivity contribution in [1.82, 2.24) is 10.3 Å². The summed E-state index contributed by atoms with van der Waals surface area (Å²) in [5, 5.41) is 11.7. The number of carbonyl (C=O) groups is 2. The van der Waals surface area contributed by atoms with Crippen LogP contribution >= 0.6 is 0 Å². The minimum atomic E-state index is -1.06. The summed E-state index contributed by atoms with van der Waals surface area (Å²) < 4.78 is 15.9. The minimum Gasteiger partial charge on any atom is -0.488 e. The number of carbonyl (C=O) groups excluding carboxylic acids is 1. The maximum Gasteiger partial charge on any atom is 0.405 e. The van der Waals surface area contributed by atoms with Crippen molar-refractivity contribution in [3.8, 4) is 11.6 Å². The molecule has 1 saturated carbocycles. The molecule has 0 aromatic carbocycles. The summed E-state index contributed by atoms with van der Waals surface area (Å²) in [6.07, 6.45) is 3.08. The van der Waals surface area contributed by atoms with Crippen LogP contribution in [-0.2, 0) is 11.2 Å². The molecule has 0 spiro atoms. The molecule has 2 rings (SSSR count). The Morgan fingerprint density at radius 3 is 2.68 bits per heavy atom. The summed E-state index contributed by atoms with van der Waals surface area (Å²) in [5.41, 5.74) is 0.332. The Labute approximate surface area is 146 Å². The molecule has 0 bridgehead atoms. The standard InChI is InChI=1S/C17H24N2O6/c1-23-7-4-8-25-14-9-12(13(11-20)18-15(14)24-2)10-17(5-3-6-17)19-16(21)22/h9,11,19H,3-8,10H2,1-2H3,(H,21,22). The highest BCUT2D eigenvalue weighted by Gasteiger charge is 2.39. The van der Waals surface area contributed by atoms with E-state index < -0.39 is 11.6 Å². The predicted molar refractivity (Wildman–Crippen MR) is 89.6 cm³/mol. The number of amides is 1. The molecule has 25 heavy (non-hydrogen) atoms. The lowest BCUT2D eigenvalue weighted by molar-refractivity contribution is 0.111. The first-order valence-corrected chi connectivity index (χ1v) is 8.19. The molecule has 1 heterocycles. The maximum atomic E-state index is 11.4. The van der Waals surface area contributed by atoms with Crippen LogP contribution in [-0.4, -0.2) is 55.4 Å². The summed E-state index contributed by atoms with van der Waals surface area (Å²) in [4.78, 5) is 26.7. The van der Waals surface area contributed by atoms with E-state index in [1.807, 2.05) is 0 Å². The van der Waals surface area contributed by atoms with Gasteiger partial charge in [-0.25, -0.2) is 9.78 Å². The van der Waals surface area contributed by atoms with Gasteiger partial charge >= 0.3 is 6.09 Å². The van der Waals surface area contributed by atoms with Crippen LogP contribution in [0.1, 0.15) is 41.7 Å². The Bertz CT molecular complexity index is 615. The predicted octanol–water partition coefficient (Wildman–Crippen LogP) is 2.05. The Morgan fingerprint density at radius 1 is 1.40 bits per heavy atom. The fourth-order valence-corrected chi connectivity index (χ4v) is 2.95. The molecule has 0 atom stereocenters. The molecule has 0 saturated heterocycles. The molecule has 138 valence electrons. The number of nitrogens with zero attached hydrogens (tertiary/aromatic N) is 1. The lowest BCUT2D eigenvalue weighted by atomic mass is 9.72. The molecule has 1 aromatic rings. The lowest BCUT2D eigenvalue weighted by Gasteiger charge is -2.42. The second-order valence-corrected chi connectivity index (χ2v) is 6.09. The van der Waals surface area contributed by atoms with Crippen molar-refractivity contribution in [3.63, 3.8) is 0 Å². The number of hydrogen-bond acceptors (Lipinski definition) is 6. The van der Waals surface area contributed by atoms with Crippen LogP contribution in [0.4, 0.5) is 4.79 Å². The van der Waals surface area contributed by atoms with E-state index in [4.69, 9.17) is 19.3 Å². The zero-order valence-electron chi connectivity index (χ0n) is 14.5. The van der Waals surface area contributed by atoms with E-state index in [2.05, 4.69) is 10.3 Å². The molecular weight excluding hydrogens is 328 g/mol. The van der Waals surface area contributed by atoms with Crippen LogP contribution in [0.5, 0.6) is 11.6 Å². The molecule has 1 fully saturated rings. The molecule has 1 aliphatic rings. The zero-order valence-corrected chi connectivity index (χ0v) is 14.5. The van der Waals surface area contributed by atoms with Gasteiger partial charge in [-0.2, -0.15) is 0 Å². The van der Waals surface area contributed by atoms with Crippen molar-refractivity contribution < 1.29 is 28.9 Å². The van der Waals surface area contributed by atoms with Crippen LogP contribution in [0.15, 0.2) is 6.07 Å². The average molecular weight is 352 g/mol. The van der Waals surface area contributed by atoms with Gasteiger partial charge in [0.15, 0.2) is 12.0 Å². The third-order valence-corrected chi connectivity index (χ3v) is 4.33. The highest BCUT2D eigenvalue weighted by atomic mass is 16.5. The normalized spacial score (nSPS) is 15.1. The van der Waals surface area contributed by atoms with Crippen molar-refractivity contribution in [2.75, 3.05) is 27.4 Å². The Hall–Kier alpha value is -2.35. The minimum absolute atomic E-state index is 0.233. The summed E-state index contributed by atoms with van der Waals surface area (Å²) >= 11 is 0. The highest BCUT2D eigenvalue weighted by molar-refractivity contribution is 5.75. The van der Waals surface area contributed by atoms with Crippen LogP contribution in [0, 0.1) is 0 Å². The average Bonchev–Trinajstić information content (AvgIpc) is 2.56. The van der Waals surface area contributed by atoms with Crippen molar-refractivity contribution in [2.45, 2.75) is 37.6 Å². The molecule has 0 aliphatic heterocycles. The van der Waals surface area contributed by atoms with Gasteiger partial charge in [0.2, 0.25) is 0 Å². The molecule has 8 heteroatoms. The molecule has 1 aliphatic carbocycles. The highest BCUT2D eigenvalue weighted by Crippen LogP contribution is 2.37. The maximum absolute atomic E-state index is 11.4. The molecular formula is C17H24N2O6. The summed E-state index contributed by atoms with van der Waals surface area (Å²) in [6, 6.07) is 1.71. The Morgan fingerprint density at radius 2 is 2.16 bits per heavy atom. The largest absolute Gasteiger partial charge is 0.488 e. The summed E-state index contributed by atoms with van der Waals surface area (Å²) in [6.45, 7) is 0.991. The SMILES string of the molecule is COCCCOc1cc(CC2(NC(=O)O)CCC2)c(C=O)nc1OC. The number of rotatable bonds is 10. The number of hydrogen-bond donors (Lipinski definition) is 2. The second kappa shape index (κ2) is 8.66. The fraction of sp³-hybridized carbons (Fsp3) is 0.588. The second-order valence-electron chi connectivity index (χ2n) is 6.09. The van der Waals surface area contributed by atoms with E-state index >= 15 is 0 Å². The molecule has 2 N–H and O–H groups in total. The van der Waals surface area contributed by atoms with E-state index in [9.17, 15) is 9.59 Å². The number of nitrogens with one attached hydrogen (secondary N) is 1. The first-order chi connectivity index (χ1) is 12.0. The monoisotopic (exact) mass is 352 g/mol. The molecule has 1 aromatic heterocycles. The lowest BCUT2D eigenvalue weighted by Crippen LogP contribution is -2.54. The Balaban J connectivity index is 2.22. The molecule has 0 radical (unpaired) electrons. The van der Waals surface area contributed by atoms with Crippen LogP contribution in [0.25, 0.3) is 0 Å². The quantitative estimate of drug-likeness (QED) is 0.490. The number of ether oxygens (including phenoxy) is 3. The van der Waals surface area contributed by atoms with Gasteiger partial charge in [0.1, 0.15) is 5.69 Å². The number of aldehydes is 1. The molecule has 8 nitrogen and oxygen atoms in total. The van der Waals surface area contributed by atoms with Gasteiger partial charge in [0.25, 0.3) is 5.88 Å². The number of carboxylic acid groups (broad SMARTS) is 1. The summed E-state index contributed by atoms with van der Waals surface area (Å²) in [7, 11) is 3.07. The van der Waals surface area contributed by atoms with Crippen LogP contribution in [0.2, 0.25) is 0 Å². The van der Waals surface area contributed by atoms with Gasteiger partial charge in [0, 0.05) is 25.7 Å². The van der Waals surface area contributed by atoms with Crippen molar-refractivity contribution in [2.24, 2.45) is 0 Å². The van der Waals surface area contributed by atoms with Crippen LogP contribution < -0.4 is 14.8 Å². The van der Waals surface area contributed by atoms with Gasteiger partial charge in [-0.1, -0.05) is 0 Å². The van der Waals surface area contributed by atoms with Gasteiger partial charge in [-0.15, -0.1) is 0 Å². The number of methoxy groups -OCH3 is 2. The van der Waals surface area contributed by atoms with Gasteiger partial charge < -0.3 is 24.6 Å². The van der Waals surface area contributed by atoms with Gasteiger partial charge in [-0.05, 0) is 37.3 Å². The molecule has 1 amide bonds. The number of pyridine rings is 1. The molecule has 0 unspecified atom stereocenters. The first kappa shape index (κ1) is 19.0. The van der Waals surface area contributed by atoms with E-state index in [1.165, 1.54) is 7.11 Å². The Kier molecular flexibility index (Phi) is 6.58. The van der Waals surface area contributed by atoms with Gasteiger partial charge in [0.05, 0.1) is 13.7 Å². The first-order valence-electron chi connectivity index (χ1n) is 8.19. The smallest absolute Gasteiger partial charge is 0.405 e. The topological polar surface area (TPSA) is 107 Å². The van der Waals surface area contributed by atoms with E-state index in [0.717, 1.165) is 19.3 Å². The van der Waals surface area contributed by atoms with Crippen molar-refractivity contribution in [1.29, 1.82) is 0 Å². The zero-order chi connectivity index (χ0) is 18.3.